The van der Waals surface area contributed by atoms with Gasteiger partial charge >= 0.3 is 0 Å². The fourth-order valence-corrected chi connectivity index (χ4v) is 1.67. The molecule has 4 nitrogen and oxygen atoms in total. The molecule has 0 radical (unpaired) electrons. The monoisotopic (exact) mass is 216 g/mol. The molecule has 2 heterocycles. The molecule has 0 fully saturated rings. The Morgan fingerprint density at radius 2 is 2.00 bits per heavy atom. The molecule has 0 aliphatic heterocycles. The normalized spacial score (nSPS) is 11.7. The molecule has 0 saturated carbocycles. The third kappa shape index (κ3) is 1.78. The van der Waals surface area contributed by atoms with Crippen LogP contribution in [-0.4, -0.2) is 15.2 Å². The maximum atomic E-state index is 5.91. The minimum Gasteiger partial charge on any atom is -0.384 e. The van der Waals surface area contributed by atoms with E-state index in [0.717, 1.165) is 17.0 Å². The van der Waals surface area contributed by atoms with Gasteiger partial charge in [0.05, 0.1) is 17.0 Å². The number of nitrogen functional groups attached to an aromatic ring is 1. The van der Waals surface area contributed by atoms with Crippen molar-refractivity contribution in [1.82, 2.24) is 15.2 Å². The molecule has 84 valence electrons. The van der Waals surface area contributed by atoms with Crippen molar-refractivity contribution < 1.29 is 0 Å². The van der Waals surface area contributed by atoms with Gasteiger partial charge in [0.1, 0.15) is 5.82 Å². The Balaban J connectivity index is 2.61. The molecule has 4 heteroatoms. The second-order valence-corrected chi connectivity index (χ2v) is 4.83. The first kappa shape index (κ1) is 10.7. The molecule has 0 spiro atoms. The summed E-state index contributed by atoms with van der Waals surface area (Å²) in [6, 6.07) is 5.77. The van der Waals surface area contributed by atoms with E-state index in [1.807, 2.05) is 18.2 Å². The van der Waals surface area contributed by atoms with Gasteiger partial charge in [0, 0.05) is 11.6 Å². The van der Waals surface area contributed by atoms with Crippen LogP contribution in [0.15, 0.2) is 24.4 Å². The largest absolute Gasteiger partial charge is 0.384 e. The van der Waals surface area contributed by atoms with Crippen molar-refractivity contribution >= 4 is 5.82 Å². The maximum absolute atomic E-state index is 5.91. The van der Waals surface area contributed by atoms with Crippen molar-refractivity contribution in [2.75, 3.05) is 5.73 Å². The number of rotatable bonds is 1. The minimum absolute atomic E-state index is 0.0546. The lowest BCUT2D eigenvalue weighted by molar-refractivity contribution is 0.568. The van der Waals surface area contributed by atoms with E-state index in [1.165, 1.54) is 0 Å². The van der Waals surface area contributed by atoms with Crippen molar-refractivity contribution in [1.29, 1.82) is 0 Å². The quantitative estimate of drug-likeness (QED) is 0.768. The molecule has 0 unspecified atom stereocenters. The first-order valence-electron chi connectivity index (χ1n) is 5.26. The molecule has 0 amide bonds. The van der Waals surface area contributed by atoms with Gasteiger partial charge < -0.3 is 5.73 Å². The lowest BCUT2D eigenvalue weighted by Crippen LogP contribution is -2.13. The summed E-state index contributed by atoms with van der Waals surface area (Å²) in [7, 11) is 0. The summed E-state index contributed by atoms with van der Waals surface area (Å²) in [5, 5.41) is 7.10. The van der Waals surface area contributed by atoms with Gasteiger partial charge in [-0.1, -0.05) is 26.8 Å². The highest BCUT2D eigenvalue weighted by Crippen LogP contribution is 2.33. The molecule has 0 saturated heterocycles. The molecule has 3 N–H and O–H groups in total. The number of aromatic amines is 1. The highest BCUT2D eigenvalue weighted by Gasteiger charge is 2.24. The summed E-state index contributed by atoms with van der Waals surface area (Å²) >= 11 is 0. The summed E-state index contributed by atoms with van der Waals surface area (Å²) in [5.41, 5.74) is 8.58. The van der Waals surface area contributed by atoms with E-state index in [4.69, 9.17) is 5.73 Å². The Labute approximate surface area is 94.9 Å². The fourth-order valence-electron chi connectivity index (χ4n) is 1.67. The van der Waals surface area contributed by atoms with E-state index in [0.29, 0.717) is 5.82 Å². The first-order chi connectivity index (χ1) is 7.50. The highest BCUT2D eigenvalue weighted by molar-refractivity contribution is 5.74. The smallest absolute Gasteiger partial charge is 0.128 e. The van der Waals surface area contributed by atoms with Gasteiger partial charge in [-0.25, -0.2) is 0 Å². The van der Waals surface area contributed by atoms with Crippen LogP contribution in [0.4, 0.5) is 5.82 Å². The molecule has 16 heavy (non-hydrogen) atoms. The zero-order valence-corrected chi connectivity index (χ0v) is 9.78. The number of hydrogen-bond donors (Lipinski definition) is 2. The van der Waals surface area contributed by atoms with Gasteiger partial charge in [0.2, 0.25) is 0 Å². The van der Waals surface area contributed by atoms with E-state index in [2.05, 4.69) is 36.0 Å². The van der Waals surface area contributed by atoms with Gasteiger partial charge in [0.25, 0.3) is 0 Å². The van der Waals surface area contributed by atoms with Crippen molar-refractivity contribution in [3.63, 3.8) is 0 Å². The van der Waals surface area contributed by atoms with Gasteiger partial charge in [-0.15, -0.1) is 0 Å². The predicted octanol–water partition coefficient (Wildman–Crippen LogP) is 2.35. The van der Waals surface area contributed by atoms with Crippen LogP contribution in [0.1, 0.15) is 26.5 Å². The lowest BCUT2D eigenvalue weighted by Gasteiger charge is -2.17. The maximum Gasteiger partial charge on any atom is 0.128 e. The Morgan fingerprint density at radius 3 is 2.56 bits per heavy atom. The van der Waals surface area contributed by atoms with Crippen LogP contribution in [-0.2, 0) is 5.41 Å². The van der Waals surface area contributed by atoms with E-state index in [9.17, 15) is 0 Å². The van der Waals surface area contributed by atoms with Crippen LogP contribution in [0.25, 0.3) is 11.3 Å². The zero-order chi connectivity index (χ0) is 11.8. The van der Waals surface area contributed by atoms with Crippen LogP contribution in [0.3, 0.4) is 0 Å². The van der Waals surface area contributed by atoms with Crippen molar-refractivity contribution in [2.45, 2.75) is 26.2 Å². The topological polar surface area (TPSA) is 67.6 Å². The van der Waals surface area contributed by atoms with E-state index >= 15 is 0 Å². The number of nitrogens with zero attached hydrogens (tertiary/aromatic N) is 2. The number of anilines is 1. The highest BCUT2D eigenvalue weighted by atomic mass is 15.2. The van der Waals surface area contributed by atoms with Gasteiger partial charge in [-0.2, -0.15) is 5.10 Å². The molecule has 0 aliphatic carbocycles. The van der Waals surface area contributed by atoms with Crippen LogP contribution < -0.4 is 5.73 Å². The summed E-state index contributed by atoms with van der Waals surface area (Å²) < 4.78 is 0. The fraction of sp³-hybridized carbons (Fsp3) is 0.333. The Morgan fingerprint density at radius 1 is 1.25 bits per heavy atom. The van der Waals surface area contributed by atoms with Gasteiger partial charge in [-0.05, 0) is 12.1 Å². The van der Waals surface area contributed by atoms with Crippen LogP contribution in [0.2, 0.25) is 0 Å². The average Bonchev–Trinajstić information content (AvgIpc) is 2.61. The van der Waals surface area contributed by atoms with E-state index < -0.39 is 0 Å². The lowest BCUT2D eigenvalue weighted by atomic mass is 9.88. The average molecular weight is 216 g/mol. The van der Waals surface area contributed by atoms with Crippen LogP contribution in [0.5, 0.6) is 0 Å². The zero-order valence-electron chi connectivity index (χ0n) is 9.78. The number of H-pyrrole nitrogens is 1. The standard InChI is InChI=1S/C12H16N4/c1-12(2,3)10-9(11(13)16-15-10)8-6-4-5-7-14-8/h4-7H,1-3H3,(H3,13,15,16). The number of nitrogens with two attached hydrogens (primary N) is 1. The van der Waals surface area contributed by atoms with Gasteiger partial charge in [-0.3, -0.25) is 10.1 Å². The molecule has 2 aromatic heterocycles. The Bertz CT molecular complexity index is 479. The third-order valence-electron chi connectivity index (χ3n) is 2.43. The predicted molar refractivity (Wildman–Crippen MR) is 64.9 cm³/mol. The second kappa shape index (κ2) is 3.63. The summed E-state index contributed by atoms with van der Waals surface area (Å²) in [6.45, 7) is 6.32. The molecule has 0 aliphatic rings. The number of nitrogens with one attached hydrogen (secondary N) is 1. The molecule has 0 atom stereocenters. The molecular weight excluding hydrogens is 200 g/mol. The van der Waals surface area contributed by atoms with Crippen LogP contribution in [0, 0.1) is 0 Å². The molecule has 2 aromatic rings. The number of aromatic nitrogens is 3. The molecule has 0 aromatic carbocycles. The third-order valence-corrected chi connectivity index (χ3v) is 2.43. The van der Waals surface area contributed by atoms with Crippen molar-refractivity contribution in [3.8, 4) is 11.3 Å². The summed E-state index contributed by atoms with van der Waals surface area (Å²) in [5.74, 6) is 0.573. The van der Waals surface area contributed by atoms with Crippen molar-refractivity contribution in [3.05, 3.63) is 30.1 Å². The van der Waals surface area contributed by atoms with Gasteiger partial charge in [0.15, 0.2) is 0 Å². The second-order valence-electron chi connectivity index (χ2n) is 4.83. The molecular formula is C12H16N4. The van der Waals surface area contributed by atoms with E-state index in [1.54, 1.807) is 6.20 Å². The SMILES string of the molecule is CC(C)(C)c1n[nH]c(N)c1-c1ccccn1. The summed E-state index contributed by atoms with van der Waals surface area (Å²) in [6.07, 6.45) is 1.76. The Kier molecular flexibility index (Phi) is 2.42. The van der Waals surface area contributed by atoms with Crippen molar-refractivity contribution in [2.24, 2.45) is 0 Å². The Hall–Kier alpha value is -1.84. The first-order valence-corrected chi connectivity index (χ1v) is 5.26. The minimum atomic E-state index is -0.0546. The number of pyridine rings is 1. The van der Waals surface area contributed by atoms with E-state index in [-0.39, 0.29) is 5.41 Å². The number of hydrogen-bond acceptors (Lipinski definition) is 3. The van der Waals surface area contributed by atoms with Crippen LogP contribution >= 0.6 is 0 Å². The molecule has 0 bridgehead atoms. The summed E-state index contributed by atoms with van der Waals surface area (Å²) in [4.78, 5) is 4.32. The molecule has 2 rings (SSSR count).